The number of ketones is 1. The number of halogens is 2. The van der Waals surface area contributed by atoms with E-state index in [1.165, 1.54) is 24.3 Å². The molecule has 0 aliphatic carbocycles. The molecule has 39 heavy (non-hydrogen) atoms. The van der Waals surface area contributed by atoms with Crippen LogP contribution in [0.1, 0.15) is 52.5 Å². The first-order chi connectivity index (χ1) is 18.6. The number of aryl methyl sites for hydroxylation is 1. The van der Waals surface area contributed by atoms with E-state index in [4.69, 9.17) is 0 Å². The molecule has 1 amide bonds. The minimum Gasteiger partial charge on any atom is -0.297 e. The predicted molar refractivity (Wildman–Crippen MR) is 148 cm³/mol. The topological polar surface area (TPSA) is 43.9 Å². The molecule has 0 unspecified atom stereocenters. The molecule has 3 aliphatic rings. The molecule has 3 aromatic rings. The highest BCUT2D eigenvalue weighted by Crippen LogP contribution is 2.46. The van der Waals surface area contributed by atoms with E-state index in [9.17, 15) is 18.4 Å². The number of Topliss-reactive ketones (excluding diaryl/α,β-unsaturated/α-hetero) is 1. The lowest BCUT2D eigenvalue weighted by atomic mass is 9.87. The number of rotatable bonds is 5. The molecule has 200 valence electrons. The standard InChI is InChI=1S/C32H31F2N3O2/c1-20-4-13-26-23(18-32(2,3)37-29(26)27(20)30(38)31(37)39)19-35-14-16-36(17-15-35)28(21-5-9-24(33)10-6-21)22-7-11-25(34)12-8-22/h4-13,18,28H,14-17,19H2,1-3H3. The summed E-state index contributed by atoms with van der Waals surface area (Å²) in [5.74, 6) is -1.44. The zero-order valence-corrected chi connectivity index (χ0v) is 22.4. The number of anilines is 1. The van der Waals surface area contributed by atoms with E-state index in [2.05, 4.69) is 15.9 Å². The summed E-state index contributed by atoms with van der Waals surface area (Å²) in [6.07, 6.45) is 2.12. The van der Waals surface area contributed by atoms with Crippen molar-refractivity contribution in [1.82, 2.24) is 9.80 Å². The quantitative estimate of drug-likeness (QED) is 0.418. The molecule has 0 aromatic heterocycles. The number of carbonyl (C=O) groups is 2. The van der Waals surface area contributed by atoms with Crippen molar-refractivity contribution in [1.29, 1.82) is 0 Å². The van der Waals surface area contributed by atoms with Crippen molar-refractivity contribution < 1.29 is 18.4 Å². The highest BCUT2D eigenvalue weighted by Gasteiger charge is 2.47. The summed E-state index contributed by atoms with van der Waals surface area (Å²) in [4.78, 5) is 32.2. The maximum atomic E-state index is 13.7. The second-order valence-corrected chi connectivity index (χ2v) is 11.3. The molecule has 3 aromatic carbocycles. The highest BCUT2D eigenvalue weighted by molar-refractivity contribution is 6.53. The van der Waals surface area contributed by atoms with Gasteiger partial charge in [-0.25, -0.2) is 8.78 Å². The second-order valence-electron chi connectivity index (χ2n) is 11.3. The minimum absolute atomic E-state index is 0.105. The molecule has 0 N–H and O–H groups in total. The number of benzene rings is 3. The summed E-state index contributed by atoms with van der Waals surface area (Å²) < 4.78 is 27.4. The summed E-state index contributed by atoms with van der Waals surface area (Å²) in [6, 6.07) is 17.0. The van der Waals surface area contributed by atoms with Gasteiger partial charge in [0.15, 0.2) is 0 Å². The van der Waals surface area contributed by atoms with Gasteiger partial charge in [0, 0.05) is 38.3 Å². The molecule has 0 spiro atoms. The van der Waals surface area contributed by atoms with E-state index < -0.39 is 17.2 Å². The Morgan fingerprint density at radius 3 is 1.95 bits per heavy atom. The van der Waals surface area contributed by atoms with Gasteiger partial charge in [0.25, 0.3) is 11.7 Å². The van der Waals surface area contributed by atoms with E-state index in [-0.39, 0.29) is 17.7 Å². The smallest absolute Gasteiger partial charge is 0.297 e. The summed E-state index contributed by atoms with van der Waals surface area (Å²) in [5, 5.41) is 0. The van der Waals surface area contributed by atoms with Crippen molar-refractivity contribution in [2.75, 3.05) is 37.6 Å². The van der Waals surface area contributed by atoms with Gasteiger partial charge in [0.05, 0.1) is 22.8 Å². The Morgan fingerprint density at radius 1 is 0.821 bits per heavy atom. The van der Waals surface area contributed by atoms with Gasteiger partial charge in [-0.2, -0.15) is 0 Å². The van der Waals surface area contributed by atoms with E-state index in [1.807, 2.05) is 32.9 Å². The summed E-state index contributed by atoms with van der Waals surface area (Å²) in [7, 11) is 0. The van der Waals surface area contributed by atoms with Crippen LogP contribution in [0.25, 0.3) is 5.57 Å². The molecule has 0 radical (unpaired) electrons. The largest absolute Gasteiger partial charge is 0.300 e. The molecular formula is C32H31F2N3O2. The van der Waals surface area contributed by atoms with Gasteiger partial charge in [-0.3, -0.25) is 24.3 Å². The first-order valence-electron chi connectivity index (χ1n) is 13.4. The van der Waals surface area contributed by atoms with Crippen LogP contribution in [0.5, 0.6) is 0 Å². The Hall–Kier alpha value is -3.68. The first-order valence-corrected chi connectivity index (χ1v) is 13.4. The Morgan fingerprint density at radius 2 is 1.38 bits per heavy atom. The molecule has 0 saturated carbocycles. The summed E-state index contributed by atoms with van der Waals surface area (Å²) in [6.45, 7) is 9.74. The molecule has 1 saturated heterocycles. The molecule has 6 rings (SSSR count). The van der Waals surface area contributed by atoms with Crippen LogP contribution in [0, 0.1) is 18.6 Å². The SMILES string of the molecule is Cc1ccc2c3c1C(=O)C(=O)N3C(C)(C)C=C2CN1CCN(C(c2ccc(F)cc2)c2ccc(F)cc2)CC1. The molecule has 0 bridgehead atoms. The van der Waals surface area contributed by atoms with Crippen LogP contribution in [0.3, 0.4) is 0 Å². The molecule has 3 aliphatic heterocycles. The lowest BCUT2D eigenvalue weighted by Gasteiger charge is -2.42. The minimum atomic E-state index is -0.605. The maximum absolute atomic E-state index is 13.7. The van der Waals surface area contributed by atoms with Gasteiger partial charge in [-0.05, 0) is 67.3 Å². The van der Waals surface area contributed by atoms with Crippen LogP contribution in [0.2, 0.25) is 0 Å². The van der Waals surface area contributed by atoms with Crippen molar-refractivity contribution in [2.45, 2.75) is 32.4 Å². The Bertz CT molecular complexity index is 1440. The Labute approximate surface area is 227 Å². The molecule has 3 heterocycles. The van der Waals surface area contributed by atoms with Gasteiger partial charge in [0.1, 0.15) is 11.6 Å². The molecule has 0 atom stereocenters. The van der Waals surface area contributed by atoms with Gasteiger partial charge in [-0.1, -0.05) is 42.5 Å². The second kappa shape index (κ2) is 9.50. The normalized spacial score (nSPS) is 19.0. The number of amides is 1. The average molecular weight is 528 g/mol. The van der Waals surface area contributed by atoms with Crippen molar-refractivity contribution in [2.24, 2.45) is 0 Å². The third-order valence-electron chi connectivity index (χ3n) is 8.22. The van der Waals surface area contributed by atoms with Crippen LogP contribution in [-0.2, 0) is 4.79 Å². The number of hydrogen-bond donors (Lipinski definition) is 0. The Balaban J connectivity index is 1.24. The maximum Gasteiger partial charge on any atom is 0.300 e. The third-order valence-corrected chi connectivity index (χ3v) is 8.22. The summed E-state index contributed by atoms with van der Waals surface area (Å²) >= 11 is 0. The Kier molecular flexibility index (Phi) is 6.24. The fraction of sp³-hybridized carbons (Fsp3) is 0.312. The van der Waals surface area contributed by atoms with Crippen LogP contribution < -0.4 is 4.90 Å². The average Bonchev–Trinajstić information content (AvgIpc) is 3.18. The first kappa shape index (κ1) is 25.6. The fourth-order valence-electron chi connectivity index (χ4n) is 6.35. The van der Waals surface area contributed by atoms with E-state index in [1.54, 1.807) is 29.2 Å². The van der Waals surface area contributed by atoms with Gasteiger partial charge >= 0.3 is 0 Å². The molecule has 7 heteroatoms. The van der Waals surface area contributed by atoms with Crippen molar-refractivity contribution >= 4 is 23.0 Å². The lowest BCUT2D eigenvalue weighted by Crippen LogP contribution is -2.50. The third kappa shape index (κ3) is 4.39. The van der Waals surface area contributed by atoms with Crippen molar-refractivity contribution in [3.63, 3.8) is 0 Å². The van der Waals surface area contributed by atoms with Gasteiger partial charge in [-0.15, -0.1) is 0 Å². The number of hydrogen-bond acceptors (Lipinski definition) is 4. The zero-order chi connectivity index (χ0) is 27.5. The van der Waals surface area contributed by atoms with E-state index in [0.29, 0.717) is 12.1 Å². The van der Waals surface area contributed by atoms with Crippen LogP contribution >= 0.6 is 0 Å². The van der Waals surface area contributed by atoms with Crippen LogP contribution in [0.15, 0.2) is 66.7 Å². The van der Waals surface area contributed by atoms with Crippen molar-refractivity contribution in [3.8, 4) is 0 Å². The summed E-state index contributed by atoms with van der Waals surface area (Å²) in [5.41, 5.74) is 5.51. The van der Waals surface area contributed by atoms with Gasteiger partial charge in [0.2, 0.25) is 0 Å². The molecule has 1 fully saturated rings. The molecule has 5 nitrogen and oxygen atoms in total. The van der Waals surface area contributed by atoms with E-state index >= 15 is 0 Å². The predicted octanol–water partition coefficient (Wildman–Crippen LogP) is 5.39. The van der Waals surface area contributed by atoms with Gasteiger partial charge < -0.3 is 0 Å². The zero-order valence-electron chi connectivity index (χ0n) is 22.4. The van der Waals surface area contributed by atoms with Crippen LogP contribution in [0.4, 0.5) is 14.5 Å². The number of piperazine rings is 1. The molecular weight excluding hydrogens is 496 g/mol. The lowest BCUT2D eigenvalue weighted by molar-refractivity contribution is -0.115. The number of carbonyl (C=O) groups excluding carboxylic acids is 2. The number of nitrogens with zero attached hydrogens (tertiary/aromatic N) is 3. The van der Waals surface area contributed by atoms with Crippen LogP contribution in [-0.4, -0.2) is 59.8 Å². The highest BCUT2D eigenvalue weighted by atomic mass is 19.1. The fourth-order valence-corrected chi connectivity index (χ4v) is 6.35. The monoisotopic (exact) mass is 527 g/mol. The van der Waals surface area contributed by atoms with Crippen molar-refractivity contribution in [3.05, 3.63) is 106 Å². The van der Waals surface area contributed by atoms with E-state index in [0.717, 1.165) is 59.7 Å².